The van der Waals surface area contributed by atoms with Crippen LogP contribution < -0.4 is 0 Å². The van der Waals surface area contributed by atoms with Crippen LogP contribution in [0.4, 0.5) is 0 Å². The molecule has 6 nitrogen and oxygen atoms in total. The topological polar surface area (TPSA) is 109 Å². The Morgan fingerprint density at radius 3 is 2.11 bits per heavy atom. The zero-order valence-corrected chi connectivity index (χ0v) is 10.4. The van der Waals surface area contributed by atoms with E-state index in [9.17, 15) is 16.8 Å². The first-order chi connectivity index (χ1) is 8.21. The third kappa shape index (κ3) is 2.23. The van der Waals surface area contributed by atoms with E-state index in [0.717, 1.165) is 12.1 Å². The summed E-state index contributed by atoms with van der Waals surface area (Å²) in [6.45, 7) is 0. The summed E-state index contributed by atoms with van der Waals surface area (Å²) in [5.41, 5.74) is 0. The average Bonchev–Trinajstić information content (AvgIpc) is 2.24. The fraction of sp³-hybridized carbons (Fsp3) is 0. The van der Waals surface area contributed by atoms with Crippen molar-refractivity contribution in [2.24, 2.45) is 0 Å². The van der Waals surface area contributed by atoms with E-state index >= 15 is 0 Å². The molecule has 0 bridgehead atoms. The van der Waals surface area contributed by atoms with Crippen molar-refractivity contribution in [1.29, 1.82) is 0 Å². The fourth-order valence-electron chi connectivity index (χ4n) is 1.63. The quantitative estimate of drug-likeness (QED) is 0.801. The van der Waals surface area contributed by atoms with Gasteiger partial charge in [0.25, 0.3) is 20.2 Å². The van der Waals surface area contributed by atoms with Crippen LogP contribution in [0.25, 0.3) is 10.8 Å². The third-order valence-corrected chi connectivity index (χ3v) is 4.08. The van der Waals surface area contributed by atoms with Gasteiger partial charge in [0.2, 0.25) is 0 Å². The molecule has 0 aliphatic heterocycles. The Morgan fingerprint density at radius 1 is 0.889 bits per heavy atom. The second-order valence-electron chi connectivity index (χ2n) is 3.47. The molecular formula is C10H7O6S2. The molecule has 0 aromatic heterocycles. The standard InChI is InChI=1S/C10H7O6S2/c11-17(12,13)9-5-1-3-7-8(9)4-2-6-10(7)18(14,15)16/h1-5H,(H,11,12,13)(H,14,15,16). The van der Waals surface area contributed by atoms with Gasteiger partial charge >= 0.3 is 0 Å². The first-order valence-electron chi connectivity index (χ1n) is 4.59. The van der Waals surface area contributed by atoms with Crippen LogP contribution in [0.15, 0.2) is 40.1 Å². The molecule has 0 amide bonds. The predicted octanol–water partition coefficient (Wildman–Crippen LogP) is 1.13. The Hall–Kier alpha value is -1.48. The SMILES string of the molecule is O=S(=O)(O)c1[c]ccc2c(S(=O)(=O)O)cccc12. The van der Waals surface area contributed by atoms with Crippen LogP contribution in [0, 0.1) is 6.07 Å². The van der Waals surface area contributed by atoms with Crippen molar-refractivity contribution >= 4 is 31.0 Å². The molecule has 2 N–H and O–H groups in total. The van der Waals surface area contributed by atoms with Crippen molar-refractivity contribution < 1.29 is 25.9 Å². The van der Waals surface area contributed by atoms with Crippen molar-refractivity contribution in [2.75, 3.05) is 0 Å². The van der Waals surface area contributed by atoms with Crippen molar-refractivity contribution in [1.82, 2.24) is 0 Å². The van der Waals surface area contributed by atoms with Crippen LogP contribution in [0.5, 0.6) is 0 Å². The molecule has 1 radical (unpaired) electrons. The first-order valence-corrected chi connectivity index (χ1v) is 7.47. The van der Waals surface area contributed by atoms with Crippen molar-refractivity contribution in [3.8, 4) is 0 Å². The van der Waals surface area contributed by atoms with Gasteiger partial charge < -0.3 is 0 Å². The lowest BCUT2D eigenvalue weighted by Gasteiger charge is -2.06. The second-order valence-corrected chi connectivity index (χ2v) is 6.22. The number of hydrogen-bond donors (Lipinski definition) is 2. The Bertz CT molecular complexity index is 749. The zero-order chi connectivity index (χ0) is 13.6. The molecule has 95 valence electrons. The van der Waals surface area contributed by atoms with Gasteiger partial charge in [0.05, 0.1) is 0 Å². The van der Waals surface area contributed by atoms with Crippen LogP contribution in [-0.2, 0) is 20.2 Å². The lowest BCUT2D eigenvalue weighted by molar-refractivity contribution is 0.481. The molecule has 0 aliphatic carbocycles. The molecule has 2 rings (SSSR count). The molecule has 0 fully saturated rings. The van der Waals surface area contributed by atoms with E-state index in [-0.39, 0.29) is 10.8 Å². The summed E-state index contributed by atoms with van der Waals surface area (Å²) >= 11 is 0. The summed E-state index contributed by atoms with van der Waals surface area (Å²) in [5, 5.41) is -0.0403. The second kappa shape index (κ2) is 4.02. The molecule has 0 spiro atoms. The fourth-order valence-corrected chi connectivity index (χ4v) is 3.01. The smallest absolute Gasteiger partial charge is 0.282 e. The Morgan fingerprint density at radius 2 is 1.56 bits per heavy atom. The van der Waals surface area contributed by atoms with E-state index in [1.807, 2.05) is 0 Å². The van der Waals surface area contributed by atoms with Gasteiger partial charge in [-0.3, -0.25) is 9.11 Å². The first kappa shape index (κ1) is 13.0. The highest BCUT2D eigenvalue weighted by atomic mass is 32.2. The highest BCUT2D eigenvalue weighted by Gasteiger charge is 2.19. The molecule has 0 atom stereocenters. The van der Waals surface area contributed by atoms with Gasteiger partial charge in [-0.1, -0.05) is 24.3 Å². The minimum atomic E-state index is -4.52. The third-order valence-electron chi connectivity index (χ3n) is 2.31. The lowest BCUT2D eigenvalue weighted by atomic mass is 10.1. The molecule has 0 unspecified atom stereocenters. The highest BCUT2D eigenvalue weighted by molar-refractivity contribution is 7.86. The lowest BCUT2D eigenvalue weighted by Crippen LogP contribution is -2.02. The van der Waals surface area contributed by atoms with E-state index in [1.165, 1.54) is 18.2 Å². The largest absolute Gasteiger partial charge is 0.295 e. The minimum absolute atomic E-state index is 0.00799. The van der Waals surface area contributed by atoms with Crippen molar-refractivity contribution in [2.45, 2.75) is 9.79 Å². The summed E-state index contributed by atoms with van der Waals surface area (Å²) in [6.07, 6.45) is 0. The average molecular weight is 287 g/mol. The molecule has 8 heteroatoms. The molecule has 0 saturated heterocycles. The summed E-state index contributed by atoms with van der Waals surface area (Å²) in [7, 11) is -9.01. The summed E-state index contributed by atoms with van der Waals surface area (Å²) in [6, 6.07) is 8.45. The Labute approximate surface area is 103 Å². The van der Waals surface area contributed by atoms with E-state index in [4.69, 9.17) is 9.11 Å². The van der Waals surface area contributed by atoms with E-state index in [1.54, 1.807) is 0 Å². The van der Waals surface area contributed by atoms with Gasteiger partial charge in [0.1, 0.15) is 9.79 Å². The van der Waals surface area contributed by atoms with Gasteiger partial charge in [-0.05, 0) is 6.07 Å². The van der Waals surface area contributed by atoms with Gasteiger partial charge in [0, 0.05) is 16.8 Å². The molecule has 0 heterocycles. The molecule has 2 aromatic carbocycles. The van der Waals surface area contributed by atoms with Crippen LogP contribution in [0.2, 0.25) is 0 Å². The van der Waals surface area contributed by atoms with Crippen molar-refractivity contribution in [3.63, 3.8) is 0 Å². The number of rotatable bonds is 2. The maximum absolute atomic E-state index is 11.1. The Balaban J connectivity index is 3.00. The maximum atomic E-state index is 11.1. The van der Waals surface area contributed by atoms with Crippen LogP contribution in [0.3, 0.4) is 0 Å². The number of hydrogen-bond acceptors (Lipinski definition) is 4. The van der Waals surface area contributed by atoms with E-state index in [0.29, 0.717) is 0 Å². The minimum Gasteiger partial charge on any atom is -0.282 e. The Kier molecular flexibility index (Phi) is 2.90. The summed E-state index contributed by atoms with van der Waals surface area (Å²) in [4.78, 5) is -0.968. The van der Waals surface area contributed by atoms with Crippen LogP contribution >= 0.6 is 0 Å². The molecule has 0 saturated carbocycles. The van der Waals surface area contributed by atoms with Crippen LogP contribution in [-0.4, -0.2) is 25.9 Å². The normalized spacial score (nSPS) is 12.8. The van der Waals surface area contributed by atoms with Gasteiger partial charge in [-0.2, -0.15) is 16.8 Å². The molecule has 0 aliphatic rings. The monoisotopic (exact) mass is 287 g/mol. The van der Waals surface area contributed by atoms with Gasteiger partial charge in [0.15, 0.2) is 0 Å². The summed E-state index contributed by atoms with van der Waals surface area (Å²) in [5.74, 6) is 0. The molecular weight excluding hydrogens is 280 g/mol. The zero-order valence-electron chi connectivity index (χ0n) is 8.73. The highest BCUT2D eigenvalue weighted by Crippen LogP contribution is 2.27. The van der Waals surface area contributed by atoms with Crippen LogP contribution in [0.1, 0.15) is 0 Å². The molecule has 2 aromatic rings. The number of fused-ring (bicyclic) bond motifs is 1. The van der Waals surface area contributed by atoms with Gasteiger partial charge in [-0.15, -0.1) is 0 Å². The van der Waals surface area contributed by atoms with Gasteiger partial charge in [-0.25, -0.2) is 0 Å². The maximum Gasteiger partial charge on any atom is 0.295 e. The van der Waals surface area contributed by atoms with Crippen molar-refractivity contribution in [3.05, 3.63) is 36.4 Å². The van der Waals surface area contributed by atoms with E-state index in [2.05, 4.69) is 6.07 Å². The van der Waals surface area contributed by atoms with E-state index < -0.39 is 30.0 Å². The summed E-state index contributed by atoms with van der Waals surface area (Å²) < 4.78 is 62.6. The predicted molar refractivity (Wildman–Crippen MR) is 62.4 cm³/mol. The number of benzene rings is 2. The molecule has 18 heavy (non-hydrogen) atoms.